The van der Waals surface area contributed by atoms with Crippen molar-refractivity contribution in [2.45, 2.75) is 31.0 Å². The van der Waals surface area contributed by atoms with Crippen molar-refractivity contribution in [1.82, 2.24) is 10.2 Å². The van der Waals surface area contributed by atoms with Crippen molar-refractivity contribution in [3.63, 3.8) is 0 Å². The van der Waals surface area contributed by atoms with Gasteiger partial charge in [0.2, 0.25) is 0 Å². The van der Waals surface area contributed by atoms with E-state index in [1.807, 2.05) is 13.1 Å². The zero-order chi connectivity index (χ0) is 14.1. The van der Waals surface area contributed by atoms with Crippen molar-refractivity contribution in [2.24, 2.45) is 0 Å². The van der Waals surface area contributed by atoms with Crippen LogP contribution in [0, 0.1) is 0 Å². The Morgan fingerprint density at radius 3 is 2.90 bits per heavy atom. The topological polar surface area (TPSA) is 24.5 Å². The van der Waals surface area contributed by atoms with Gasteiger partial charge in [0.1, 0.15) is 0 Å². The molecule has 0 radical (unpaired) electrons. The predicted molar refractivity (Wildman–Crippen MR) is 85.3 cm³/mol. The smallest absolute Gasteiger partial charge is 0.0896 e. The van der Waals surface area contributed by atoms with Gasteiger partial charge in [-0.2, -0.15) is 0 Å². The predicted octanol–water partition coefficient (Wildman–Crippen LogP) is 3.23. The van der Waals surface area contributed by atoms with Crippen molar-refractivity contribution in [2.75, 3.05) is 26.7 Å². The maximum absolute atomic E-state index is 6.12. The second-order valence-corrected chi connectivity index (χ2v) is 6.82. The number of nitrogens with one attached hydrogen (secondary N) is 1. The lowest BCUT2D eigenvalue weighted by atomic mass is 9.97. The summed E-state index contributed by atoms with van der Waals surface area (Å²) in [7, 11) is 1.98. The van der Waals surface area contributed by atoms with Crippen LogP contribution in [0.3, 0.4) is 0 Å². The molecule has 0 amide bonds. The highest BCUT2D eigenvalue weighted by molar-refractivity contribution is 9.10. The zero-order valence-electron chi connectivity index (χ0n) is 11.6. The summed E-state index contributed by atoms with van der Waals surface area (Å²) in [6.45, 7) is 2.72. The van der Waals surface area contributed by atoms with Crippen LogP contribution < -0.4 is 5.32 Å². The van der Waals surface area contributed by atoms with Gasteiger partial charge in [-0.1, -0.05) is 17.7 Å². The van der Waals surface area contributed by atoms with E-state index in [0.717, 1.165) is 35.2 Å². The molecular formula is C15H20BrClN2O. The number of hydrogen-bond donors (Lipinski definition) is 1. The van der Waals surface area contributed by atoms with Crippen LogP contribution in [0.15, 0.2) is 22.7 Å². The normalized spacial score (nSPS) is 27.8. The number of halogens is 2. The average molecular weight is 360 g/mol. The molecule has 110 valence electrons. The van der Waals surface area contributed by atoms with Crippen LogP contribution in [-0.4, -0.2) is 43.8 Å². The van der Waals surface area contributed by atoms with Crippen molar-refractivity contribution in [1.29, 1.82) is 0 Å². The Morgan fingerprint density at radius 2 is 2.25 bits per heavy atom. The number of ether oxygens (including phenoxy) is 1. The van der Waals surface area contributed by atoms with Gasteiger partial charge in [0, 0.05) is 23.6 Å². The van der Waals surface area contributed by atoms with Gasteiger partial charge in [0.15, 0.2) is 0 Å². The molecule has 1 N–H and O–H groups in total. The fraction of sp³-hybridized carbons (Fsp3) is 0.600. The molecule has 0 spiro atoms. The van der Waals surface area contributed by atoms with Gasteiger partial charge in [0.05, 0.1) is 23.8 Å². The Labute approximate surface area is 133 Å². The van der Waals surface area contributed by atoms with E-state index in [9.17, 15) is 0 Å². The molecule has 1 aliphatic heterocycles. The monoisotopic (exact) mass is 358 g/mol. The molecule has 0 bridgehead atoms. The number of benzene rings is 1. The fourth-order valence-electron chi connectivity index (χ4n) is 3.04. The van der Waals surface area contributed by atoms with Crippen LogP contribution in [0.4, 0.5) is 0 Å². The highest BCUT2D eigenvalue weighted by Gasteiger charge is 2.41. The lowest BCUT2D eigenvalue weighted by Gasteiger charge is -2.42. The Balaban J connectivity index is 1.91. The quantitative estimate of drug-likeness (QED) is 0.893. The molecule has 1 aliphatic carbocycles. The summed E-state index contributed by atoms with van der Waals surface area (Å²) in [6, 6.07) is 7.29. The van der Waals surface area contributed by atoms with E-state index in [0.29, 0.717) is 6.04 Å². The molecule has 1 saturated heterocycles. The Bertz CT molecular complexity index is 479. The van der Waals surface area contributed by atoms with Gasteiger partial charge in [0.25, 0.3) is 0 Å². The lowest BCUT2D eigenvalue weighted by Crippen LogP contribution is -2.49. The molecule has 1 heterocycles. The highest BCUT2D eigenvalue weighted by atomic mass is 79.9. The summed E-state index contributed by atoms with van der Waals surface area (Å²) in [5.74, 6) is 0. The third-order valence-corrected chi connectivity index (χ3v) is 5.31. The third kappa shape index (κ3) is 3.04. The first-order chi connectivity index (χ1) is 9.70. The minimum atomic E-state index is 0.197. The first-order valence-corrected chi connectivity index (χ1v) is 8.34. The van der Waals surface area contributed by atoms with E-state index in [2.05, 4.69) is 38.3 Å². The zero-order valence-corrected chi connectivity index (χ0v) is 14.0. The molecule has 3 nitrogen and oxygen atoms in total. The van der Waals surface area contributed by atoms with Crippen molar-refractivity contribution in [3.8, 4) is 0 Å². The minimum absolute atomic E-state index is 0.197. The molecule has 1 aromatic carbocycles. The number of likely N-dealkylation sites (N-methyl/N-ethyl adjacent to an activating group) is 1. The standard InChI is InChI=1S/C15H20BrClN2O/c1-18-9-14-15(10-2-5-13(17)12(16)8-10)19(6-7-20-14)11-3-4-11/h2,5,8,11,14-15,18H,3-4,6-7,9H2,1H3. The van der Waals surface area contributed by atoms with Crippen LogP contribution in [0.1, 0.15) is 24.4 Å². The number of hydrogen-bond acceptors (Lipinski definition) is 3. The fourth-order valence-corrected chi connectivity index (χ4v) is 3.56. The summed E-state index contributed by atoms with van der Waals surface area (Å²) >= 11 is 9.66. The minimum Gasteiger partial charge on any atom is -0.374 e. The molecule has 3 rings (SSSR count). The number of nitrogens with zero attached hydrogens (tertiary/aromatic N) is 1. The molecule has 1 saturated carbocycles. The van der Waals surface area contributed by atoms with Crippen molar-refractivity contribution in [3.05, 3.63) is 33.3 Å². The summed E-state index contributed by atoms with van der Waals surface area (Å²) in [5.41, 5.74) is 1.29. The first-order valence-electron chi connectivity index (χ1n) is 7.17. The van der Waals surface area contributed by atoms with Crippen molar-refractivity contribution < 1.29 is 4.74 Å². The van der Waals surface area contributed by atoms with E-state index >= 15 is 0 Å². The van der Waals surface area contributed by atoms with Crippen molar-refractivity contribution >= 4 is 27.5 Å². The maximum atomic E-state index is 6.12. The van der Waals surface area contributed by atoms with E-state index in [1.165, 1.54) is 18.4 Å². The molecule has 1 aromatic rings. The molecule has 0 aromatic heterocycles. The number of rotatable bonds is 4. The van der Waals surface area contributed by atoms with Gasteiger partial charge in [-0.3, -0.25) is 4.90 Å². The molecule has 20 heavy (non-hydrogen) atoms. The third-order valence-electron chi connectivity index (χ3n) is 4.10. The molecule has 2 unspecified atom stereocenters. The Morgan fingerprint density at radius 1 is 1.45 bits per heavy atom. The van der Waals surface area contributed by atoms with Gasteiger partial charge in [-0.15, -0.1) is 0 Å². The van der Waals surface area contributed by atoms with Gasteiger partial charge < -0.3 is 10.1 Å². The highest BCUT2D eigenvalue weighted by Crippen LogP contribution is 2.40. The van der Waals surface area contributed by atoms with Gasteiger partial charge in [-0.05, 0) is 53.5 Å². The first kappa shape index (κ1) is 14.8. The molecule has 5 heteroatoms. The lowest BCUT2D eigenvalue weighted by molar-refractivity contribution is -0.0740. The maximum Gasteiger partial charge on any atom is 0.0896 e. The molecule has 2 fully saturated rings. The summed E-state index contributed by atoms with van der Waals surface area (Å²) < 4.78 is 6.97. The van der Waals surface area contributed by atoms with Crippen LogP contribution in [0.2, 0.25) is 5.02 Å². The summed E-state index contributed by atoms with van der Waals surface area (Å²) in [5, 5.41) is 4.01. The van der Waals surface area contributed by atoms with Crippen LogP contribution in [0.5, 0.6) is 0 Å². The largest absolute Gasteiger partial charge is 0.374 e. The van der Waals surface area contributed by atoms with Gasteiger partial charge in [-0.25, -0.2) is 0 Å². The molecule has 2 aliphatic rings. The SMILES string of the molecule is CNCC1OCCN(C2CC2)C1c1ccc(Cl)c(Br)c1. The van der Waals surface area contributed by atoms with Crippen LogP contribution in [0.25, 0.3) is 0 Å². The Hall–Kier alpha value is -0.130. The molecule has 2 atom stereocenters. The molecular weight excluding hydrogens is 340 g/mol. The van der Waals surface area contributed by atoms with E-state index in [-0.39, 0.29) is 6.10 Å². The second kappa shape index (κ2) is 6.32. The summed E-state index contributed by atoms with van der Waals surface area (Å²) in [4.78, 5) is 2.61. The van der Waals surface area contributed by atoms with E-state index < -0.39 is 0 Å². The van der Waals surface area contributed by atoms with Crippen LogP contribution in [-0.2, 0) is 4.74 Å². The van der Waals surface area contributed by atoms with Gasteiger partial charge >= 0.3 is 0 Å². The van der Waals surface area contributed by atoms with Crippen LogP contribution >= 0.6 is 27.5 Å². The van der Waals surface area contributed by atoms with E-state index in [4.69, 9.17) is 16.3 Å². The summed E-state index contributed by atoms with van der Waals surface area (Å²) in [6.07, 6.45) is 2.83. The average Bonchev–Trinajstić information content (AvgIpc) is 3.27. The van der Waals surface area contributed by atoms with E-state index in [1.54, 1.807) is 0 Å². The Kier molecular flexibility index (Phi) is 4.68. The second-order valence-electron chi connectivity index (χ2n) is 5.55. The number of morpholine rings is 1.